The number of hydrogen-bond acceptors (Lipinski definition) is 2. The van der Waals surface area contributed by atoms with Crippen molar-refractivity contribution in [2.45, 2.75) is 5.03 Å². The first kappa shape index (κ1) is 12.8. The maximum absolute atomic E-state index is 11.0. The van der Waals surface area contributed by atoms with Gasteiger partial charge in [0.25, 0.3) is 0 Å². The van der Waals surface area contributed by atoms with Gasteiger partial charge in [-0.3, -0.25) is 4.68 Å². The van der Waals surface area contributed by atoms with Crippen molar-refractivity contribution in [1.82, 2.24) is 9.78 Å². The second-order valence-corrected chi connectivity index (χ2v) is 4.10. The van der Waals surface area contributed by atoms with E-state index in [9.17, 15) is 4.21 Å². The number of fused-ring (bicyclic) bond motifs is 1. The molecule has 0 amide bonds. The Bertz CT molecular complexity index is 529. The zero-order chi connectivity index (χ0) is 10.3. The van der Waals surface area contributed by atoms with Gasteiger partial charge in [-0.15, -0.1) is 0 Å². The molecular weight excluding hydrogens is 231 g/mol. The summed E-state index contributed by atoms with van der Waals surface area (Å²) in [6.07, 6.45) is 0. The summed E-state index contributed by atoms with van der Waals surface area (Å²) in [7, 11) is 1.61. The fourth-order valence-electron chi connectivity index (χ4n) is 1.38. The molecule has 4 nitrogen and oxygen atoms in total. The molecule has 0 fully saturated rings. The zero-order valence-electron chi connectivity index (χ0n) is 7.27. The van der Waals surface area contributed by atoms with Gasteiger partial charge in [0.15, 0.2) is 5.03 Å². The van der Waals surface area contributed by atoms with Crippen LogP contribution in [0.2, 0.25) is 5.02 Å². The fourth-order valence-corrected chi connectivity index (χ4v) is 2.35. The average molecular weight is 239 g/mol. The van der Waals surface area contributed by atoms with Gasteiger partial charge >= 0.3 is 18.9 Å². The predicted molar refractivity (Wildman–Crippen MR) is 61.9 cm³/mol. The number of benzene rings is 1. The van der Waals surface area contributed by atoms with E-state index in [4.69, 9.17) is 16.2 Å². The molecule has 0 saturated heterocycles. The van der Waals surface area contributed by atoms with E-state index in [0.717, 1.165) is 0 Å². The van der Waals surface area contributed by atoms with Gasteiger partial charge in [0, 0.05) is 7.05 Å². The van der Waals surface area contributed by atoms with E-state index in [2.05, 4.69) is 5.10 Å². The topological polar surface area (TPSA) is 55.1 Å². The van der Waals surface area contributed by atoms with Crippen molar-refractivity contribution >= 4 is 52.4 Å². The van der Waals surface area contributed by atoms with E-state index in [1.807, 2.05) is 0 Å². The summed E-state index contributed by atoms with van der Waals surface area (Å²) >= 11 is 3.84. The number of aryl methyl sites for hydroxylation is 1. The van der Waals surface area contributed by atoms with Gasteiger partial charge in [0.2, 0.25) is 11.1 Å². The molecule has 0 radical (unpaired) electrons. The molecule has 1 aromatic carbocycles. The molecule has 1 heterocycles. The molecule has 0 bridgehead atoms. The van der Waals surface area contributed by atoms with Crippen LogP contribution in [0.15, 0.2) is 23.2 Å². The summed E-state index contributed by atoms with van der Waals surface area (Å²) in [5, 5.41) is 5.28. The Balaban J connectivity index is 0.00000112. The number of nitrogens with zero attached hydrogens (tertiary/aromatic N) is 2. The number of rotatable bonds is 1. The maximum atomic E-state index is 11.0. The molecule has 2 rings (SSSR count). The minimum atomic E-state index is -2.08. The minimum absolute atomic E-state index is 0. The van der Waals surface area contributed by atoms with Crippen LogP contribution in [-0.4, -0.2) is 37.4 Å². The molecule has 0 aliphatic heterocycles. The van der Waals surface area contributed by atoms with E-state index in [-0.39, 0.29) is 23.9 Å². The van der Waals surface area contributed by atoms with Gasteiger partial charge in [-0.1, -0.05) is 17.7 Å². The van der Waals surface area contributed by atoms with E-state index in [0.29, 0.717) is 15.9 Å². The van der Waals surface area contributed by atoms with Crippen molar-refractivity contribution in [3.8, 4) is 0 Å². The van der Waals surface area contributed by atoms with Crippen molar-refractivity contribution < 1.29 is 8.76 Å². The second kappa shape index (κ2) is 4.68. The summed E-state index contributed by atoms with van der Waals surface area (Å²) in [6.45, 7) is 0. The molecule has 1 N–H and O–H groups in total. The third-order valence-electron chi connectivity index (χ3n) is 1.92. The SMILES string of the molecule is Cn1nc2cccc(Cl)c2c1S(=O)O.[LiH]. The van der Waals surface area contributed by atoms with E-state index >= 15 is 0 Å². The van der Waals surface area contributed by atoms with Crippen molar-refractivity contribution in [3.05, 3.63) is 23.2 Å². The van der Waals surface area contributed by atoms with Crippen LogP contribution in [0.1, 0.15) is 0 Å². The molecule has 0 spiro atoms. The van der Waals surface area contributed by atoms with E-state index in [1.165, 1.54) is 4.68 Å². The normalized spacial score (nSPS) is 12.5. The van der Waals surface area contributed by atoms with Gasteiger partial charge < -0.3 is 4.55 Å². The molecule has 0 aliphatic rings. The molecule has 0 saturated carbocycles. The molecule has 7 heteroatoms. The van der Waals surface area contributed by atoms with E-state index < -0.39 is 11.1 Å². The van der Waals surface area contributed by atoms with Crippen LogP contribution in [-0.2, 0) is 18.1 Å². The summed E-state index contributed by atoms with van der Waals surface area (Å²) < 4.78 is 21.5. The van der Waals surface area contributed by atoms with Crippen molar-refractivity contribution in [2.24, 2.45) is 7.05 Å². The van der Waals surface area contributed by atoms with Crippen LogP contribution in [0, 0.1) is 0 Å². The Morgan fingerprint density at radius 2 is 2.20 bits per heavy atom. The summed E-state index contributed by atoms with van der Waals surface area (Å²) in [6, 6.07) is 5.17. The first-order valence-electron chi connectivity index (χ1n) is 3.83. The Morgan fingerprint density at radius 1 is 1.53 bits per heavy atom. The predicted octanol–water partition coefficient (Wildman–Crippen LogP) is 1.16. The average Bonchev–Trinajstić information content (AvgIpc) is 2.42. The second-order valence-electron chi connectivity index (χ2n) is 2.81. The zero-order valence-corrected chi connectivity index (χ0v) is 8.84. The third-order valence-corrected chi connectivity index (χ3v) is 3.04. The number of aromatic nitrogens is 2. The molecule has 76 valence electrons. The van der Waals surface area contributed by atoms with Crippen LogP contribution in [0.5, 0.6) is 0 Å². The quantitative estimate of drug-likeness (QED) is 0.599. The number of halogens is 1. The van der Waals surface area contributed by atoms with Crippen molar-refractivity contribution in [1.29, 1.82) is 0 Å². The Morgan fingerprint density at radius 3 is 2.80 bits per heavy atom. The molecule has 1 aromatic heterocycles. The summed E-state index contributed by atoms with van der Waals surface area (Å²) in [5.41, 5.74) is 0.623. The molecule has 0 aliphatic carbocycles. The molecular formula is C8H8ClLiN2O2S. The monoisotopic (exact) mass is 238 g/mol. The molecule has 15 heavy (non-hydrogen) atoms. The Hall–Kier alpha value is -0.313. The first-order chi connectivity index (χ1) is 6.61. The Kier molecular flexibility index (Phi) is 3.98. The summed E-state index contributed by atoms with van der Waals surface area (Å²) in [5.74, 6) is 0. The van der Waals surface area contributed by atoms with Gasteiger partial charge in [-0.05, 0) is 12.1 Å². The van der Waals surface area contributed by atoms with Gasteiger partial charge in [0.1, 0.15) is 0 Å². The Labute approximate surface area is 106 Å². The van der Waals surface area contributed by atoms with Gasteiger partial charge in [-0.2, -0.15) is 5.10 Å². The van der Waals surface area contributed by atoms with Gasteiger partial charge in [0.05, 0.1) is 15.9 Å². The standard InChI is InChI=1S/C8H7ClN2O2S.Li.H/c1-11-8(14(12)13)7-5(9)3-2-4-6(7)10-11;;/h2-4H,1H3,(H,12,13);;. The van der Waals surface area contributed by atoms with Crippen LogP contribution in [0.25, 0.3) is 10.9 Å². The van der Waals surface area contributed by atoms with Gasteiger partial charge in [-0.25, -0.2) is 4.21 Å². The molecule has 1 unspecified atom stereocenters. The van der Waals surface area contributed by atoms with Crippen LogP contribution in [0.4, 0.5) is 0 Å². The summed E-state index contributed by atoms with van der Waals surface area (Å²) in [4.78, 5) is 0. The van der Waals surface area contributed by atoms with E-state index in [1.54, 1.807) is 25.2 Å². The third kappa shape index (κ3) is 2.12. The van der Waals surface area contributed by atoms with Crippen molar-refractivity contribution in [2.75, 3.05) is 0 Å². The molecule has 1 atom stereocenters. The van der Waals surface area contributed by atoms with Crippen LogP contribution < -0.4 is 0 Å². The van der Waals surface area contributed by atoms with Crippen LogP contribution >= 0.6 is 11.6 Å². The van der Waals surface area contributed by atoms with Crippen LogP contribution in [0.3, 0.4) is 0 Å². The van der Waals surface area contributed by atoms with Crippen molar-refractivity contribution in [3.63, 3.8) is 0 Å². The fraction of sp³-hybridized carbons (Fsp3) is 0.125. The molecule has 2 aromatic rings. The first-order valence-corrected chi connectivity index (χ1v) is 5.32. The number of hydrogen-bond donors (Lipinski definition) is 1.